The van der Waals surface area contributed by atoms with Gasteiger partial charge in [0, 0.05) is 6.61 Å². The van der Waals surface area contributed by atoms with Gasteiger partial charge in [0.05, 0.1) is 0 Å². The maximum atomic E-state index is 8.27. The third-order valence-electron chi connectivity index (χ3n) is 0.644. The highest BCUT2D eigenvalue weighted by Gasteiger charge is 2.06. The summed E-state index contributed by atoms with van der Waals surface area (Å²) in [6, 6.07) is 0. The summed E-state index contributed by atoms with van der Waals surface area (Å²) in [6.45, 7) is 3.91. The molecule has 0 amide bonds. The molecule has 0 aliphatic rings. The molecule has 1 unspecified atom stereocenters. The molecule has 0 radical (unpaired) electrons. The van der Waals surface area contributed by atoms with Crippen molar-refractivity contribution in [3.8, 4) is 0 Å². The standard InChI is InChI=1S/C4H11O4P/c1-3-7-4(2)8-9(5)6/h4-6H,3H2,1-2H3. The number of rotatable bonds is 4. The lowest BCUT2D eigenvalue weighted by molar-refractivity contribution is -0.0665. The summed E-state index contributed by atoms with van der Waals surface area (Å²) in [6.07, 6.45) is -0.531. The Bertz CT molecular complexity index is 67.6. The summed E-state index contributed by atoms with van der Waals surface area (Å²) in [4.78, 5) is 16.5. The monoisotopic (exact) mass is 154 g/mol. The van der Waals surface area contributed by atoms with Crippen LogP contribution in [0.15, 0.2) is 0 Å². The Hall–Kier alpha value is 0.270. The summed E-state index contributed by atoms with van der Waals surface area (Å²) < 4.78 is 9.27. The third-order valence-corrected chi connectivity index (χ3v) is 1.13. The van der Waals surface area contributed by atoms with Crippen molar-refractivity contribution in [1.29, 1.82) is 0 Å². The average Bonchev–Trinajstić information content (AvgIpc) is 1.63. The SMILES string of the molecule is CCOC(C)OP(O)O. The van der Waals surface area contributed by atoms with Crippen molar-refractivity contribution in [3.05, 3.63) is 0 Å². The summed E-state index contributed by atoms with van der Waals surface area (Å²) in [5.74, 6) is 0. The van der Waals surface area contributed by atoms with Crippen LogP contribution in [0.3, 0.4) is 0 Å². The molecule has 0 spiro atoms. The van der Waals surface area contributed by atoms with Crippen molar-refractivity contribution in [2.24, 2.45) is 0 Å². The fourth-order valence-corrected chi connectivity index (χ4v) is 0.724. The quantitative estimate of drug-likeness (QED) is 0.459. The predicted octanol–water partition coefficient (Wildman–Crippen LogP) is 0.597. The van der Waals surface area contributed by atoms with Crippen molar-refractivity contribution in [2.45, 2.75) is 20.1 Å². The van der Waals surface area contributed by atoms with E-state index in [1.165, 1.54) is 0 Å². The fraction of sp³-hybridized carbons (Fsp3) is 1.00. The Kier molecular flexibility index (Phi) is 5.24. The van der Waals surface area contributed by atoms with Gasteiger partial charge in [-0.05, 0) is 13.8 Å². The van der Waals surface area contributed by atoms with Crippen LogP contribution in [0.5, 0.6) is 0 Å². The molecule has 0 aliphatic carbocycles. The van der Waals surface area contributed by atoms with Gasteiger partial charge in [0.1, 0.15) is 0 Å². The molecule has 5 heteroatoms. The van der Waals surface area contributed by atoms with Crippen LogP contribution in [0.25, 0.3) is 0 Å². The maximum Gasteiger partial charge on any atom is 0.329 e. The normalized spacial score (nSPS) is 14.3. The molecule has 56 valence electrons. The Balaban J connectivity index is 3.15. The molecular weight excluding hydrogens is 143 g/mol. The smallest absolute Gasteiger partial charge is 0.329 e. The largest absolute Gasteiger partial charge is 0.353 e. The Morgan fingerprint density at radius 1 is 1.56 bits per heavy atom. The number of hydrogen-bond donors (Lipinski definition) is 2. The molecule has 0 fully saturated rings. The molecule has 0 heterocycles. The lowest BCUT2D eigenvalue weighted by atomic mass is 10.7. The van der Waals surface area contributed by atoms with Crippen molar-refractivity contribution >= 4 is 8.60 Å². The molecule has 0 aliphatic heterocycles. The van der Waals surface area contributed by atoms with E-state index >= 15 is 0 Å². The predicted molar refractivity (Wildman–Crippen MR) is 33.5 cm³/mol. The summed E-state index contributed by atoms with van der Waals surface area (Å²) in [5, 5.41) is 0. The molecule has 0 aromatic rings. The highest BCUT2D eigenvalue weighted by molar-refractivity contribution is 7.39. The second-order valence-corrected chi connectivity index (χ2v) is 2.10. The van der Waals surface area contributed by atoms with E-state index in [1.54, 1.807) is 13.8 Å². The van der Waals surface area contributed by atoms with E-state index in [1.807, 2.05) is 0 Å². The first kappa shape index (κ1) is 9.27. The third kappa shape index (κ3) is 6.15. The zero-order valence-corrected chi connectivity index (χ0v) is 6.34. The van der Waals surface area contributed by atoms with E-state index < -0.39 is 14.9 Å². The molecule has 9 heavy (non-hydrogen) atoms. The van der Waals surface area contributed by atoms with Crippen LogP contribution < -0.4 is 0 Å². The molecule has 1 atom stereocenters. The summed E-state index contributed by atoms with van der Waals surface area (Å²) in [5.41, 5.74) is 0. The maximum absolute atomic E-state index is 8.27. The van der Waals surface area contributed by atoms with Crippen LogP contribution in [-0.4, -0.2) is 22.7 Å². The molecule has 0 aromatic heterocycles. The highest BCUT2D eigenvalue weighted by Crippen LogP contribution is 2.26. The zero-order chi connectivity index (χ0) is 7.28. The van der Waals surface area contributed by atoms with E-state index in [-0.39, 0.29) is 0 Å². The number of hydrogen-bond acceptors (Lipinski definition) is 4. The minimum absolute atomic E-state index is 0.504. The molecule has 0 aromatic carbocycles. The van der Waals surface area contributed by atoms with Crippen LogP contribution >= 0.6 is 8.60 Å². The Morgan fingerprint density at radius 3 is 2.44 bits per heavy atom. The first-order chi connectivity index (χ1) is 4.16. The molecule has 0 bridgehead atoms. The van der Waals surface area contributed by atoms with Crippen molar-refractivity contribution < 1.29 is 19.0 Å². The van der Waals surface area contributed by atoms with Gasteiger partial charge >= 0.3 is 8.60 Å². The highest BCUT2D eigenvalue weighted by atomic mass is 31.2. The Morgan fingerprint density at radius 2 is 2.11 bits per heavy atom. The van der Waals surface area contributed by atoms with E-state index in [0.29, 0.717) is 6.61 Å². The Labute approximate surface area is 55.4 Å². The molecule has 2 N–H and O–H groups in total. The fourth-order valence-electron chi connectivity index (χ4n) is 0.398. The van der Waals surface area contributed by atoms with Gasteiger partial charge in [-0.3, -0.25) is 4.52 Å². The van der Waals surface area contributed by atoms with Crippen LogP contribution in [0, 0.1) is 0 Å². The van der Waals surface area contributed by atoms with Gasteiger partial charge in [0.25, 0.3) is 0 Å². The van der Waals surface area contributed by atoms with Gasteiger partial charge in [-0.15, -0.1) is 0 Å². The van der Waals surface area contributed by atoms with Crippen LogP contribution in [0.4, 0.5) is 0 Å². The van der Waals surface area contributed by atoms with Gasteiger partial charge in [-0.1, -0.05) is 0 Å². The summed E-state index contributed by atoms with van der Waals surface area (Å²) in [7, 11) is -2.28. The molecular formula is C4H11O4P. The number of ether oxygens (including phenoxy) is 1. The lowest BCUT2D eigenvalue weighted by Crippen LogP contribution is -2.09. The topological polar surface area (TPSA) is 58.9 Å². The van der Waals surface area contributed by atoms with E-state index in [4.69, 9.17) is 14.5 Å². The van der Waals surface area contributed by atoms with Gasteiger partial charge in [-0.2, -0.15) is 0 Å². The molecule has 4 nitrogen and oxygen atoms in total. The average molecular weight is 154 g/mol. The van der Waals surface area contributed by atoms with E-state index in [0.717, 1.165) is 0 Å². The second kappa shape index (κ2) is 5.09. The van der Waals surface area contributed by atoms with Gasteiger partial charge in [0.2, 0.25) is 0 Å². The summed E-state index contributed by atoms with van der Waals surface area (Å²) >= 11 is 0. The minimum atomic E-state index is -2.28. The van der Waals surface area contributed by atoms with E-state index in [2.05, 4.69) is 4.52 Å². The van der Waals surface area contributed by atoms with Crippen LogP contribution in [0.2, 0.25) is 0 Å². The molecule has 0 saturated heterocycles. The van der Waals surface area contributed by atoms with Crippen molar-refractivity contribution in [2.75, 3.05) is 6.61 Å². The molecule has 0 saturated carbocycles. The molecule has 0 rings (SSSR count). The van der Waals surface area contributed by atoms with Gasteiger partial charge in [0.15, 0.2) is 6.29 Å². The van der Waals surface area contributed by atoms with E-state index in [9.17, 15) is 0 Å². The zero-order valence-electron chi connectivity index (χ0n) is 5.44. The lowest BCUT2D eigenvalue weighted by Gasteiger charge is -2.11. The van der Waals surface area contributed by atoms with Gasteiger partial charge in [-0.25, -0.2) is 0 Å². The van der Waals surface area contributed by atoms with Crippen molar-refractivity contribution in [3.63, 3.8) is 0 Å². The van der Waals surface area contributed by atoms with Crippen LogP contribution in [-0.2, 0) is 9.26 Å². The first-order valence-corrected chi connectivity index (χ1v) is 3.79. The van der Waals surface area contributed by atoms with Gasteiger partial charge < -0.3 is 14.5 Å². The minimum Gasteiger partial charge on any atom is -0.353 e. The van der Waals surface area contributed by atoms with Crippen molar-refractivity contribution in [1.82, 2.24) is 0 Å². The van der Waals surface area contributed by atoms with Crippen LogP contribution in [0.1, 0.15) is 13.8 Å². The second-order valence-electron chi connectivity index (χ2n) is 1.38. The first-order valence-electron chi connectivity index (χ1n) is 2.63.